The molecule has 5 nitrogen and oxygen atoms in total. The molecule has 0 saturated carbocycles. The predicted molar refractivity (Wildman–Crippen MR) is 86.0 cm³/mol. The van der Waals surface area contributed by atoms with E-state index >= 15 is 0 Å². The Labute approximate surface area is 132 Å². The van der Waals surface area contributed by atoms with Crippen molar-refractivity contribution in [2.45, 2.75) is 26.4 Å². The summed E-state index contributed by atoms with van der Waals surface area (Å²) in [5, 5.41) is 9.40. The van der Waals surface area contributed by atoms with Crippen LogP contribution in [0, 0.1) is 0 Å². The van der Waals surface area contributed by atoms with Gasteiger partial charge < -0.3 is 14.7 Å². The minimum absolute atomic E-state index is 0.167. The predicted octanol–water partition coefficient (Wildman–Crippen LogP) is 1.15. The average molecular weight is 306 g/mol. The largest absolute Gasteiger partial charge is 0.494 e. The summed E-state index contributed by atoms with van der Waals surface area (Å²) in [4.78, 5) is 16.4. The summed E-state index contributed by atoms with van der Waals surface area (Å²) >= 11 is 0. The molecule has 0 aliphatic carbocycles. The lowest BCUT2D eigenvalue weighted by Gasteiger charge is -2.35. The number of nitrogens with zero attached hydrogens (tertiary/aromatic N) is 2. The molecule has 1 atom stereocenters. The third-order valence-corrected chi connectivity index (χ3v) is 3.84. The number of benzene rings is 1. The van der Waals surface area contributed by atoms with Crippen LogP contribution in [0.5, 0.6) is 5.75 Å². The summed E-state index contributed by atoms with van der Waals surface area (Å²) < 4.78 is 5.40. The van der Waals surface area contributed by atoms with Crippen LogP contribution in [0.4, 0.5) is 0 Å². The topological polar surface area (TPSA) is 53.0 Å². The number of piperazine rings is 1. The van der Waals surface area contributed by atoms with Crippen molar-refractivity contribution < 1.29 is 14.6 Å². The molecule has 0 radical (unpaired) electrons. The maximum absolute atomic E-state index is 12.3. The maximum Gasteiger partial charge on any atom is 0.227 e. The first-order valence-electron chi connectivity index (χ1n) is 7.98. The first-order valence-corrected chi connectivity index (χ1v) is 7.98. The molecule has 122 valence electrons. The van der Waals surface area contributed by atoms with Crippen molar-refractivity contribution in [1.29, 1.82) is 0 Å². The zero-order valence-corrected chi connectivity index (χ0v) is 13.5. The second kappa shape index (κ2) is 8.15. The Bertz CT molecular complexity index is 465. The number of aliphatic hydroxyl groups excluding tert-OH is 1. The first-order chi connectivity index (χ1) is 10.6. The highest BCUT2D eigenvalue weighted by atomic mass is 16.5. The summed E-state index contributed by atoms with van der Waals surface area (Å²) in [6.45, 7) is 8.22. The van der Waals surface area contributed by atoms with Crippen molar-refractivity contribution in [2.24, 2.45) is 0 Å². The van der Waals surface area contributed by atoms with Gasteiger partial charge in [0.1, 0.15) is 5.75 Å². The van der Waals surface area contributed by atoms with E-state index in [0.29, 0.717) is 19.6 Å². The van der Waals surface area contributed by atoms with E-state index in [1.54, 1.807) is 6.92 Å². The summed E-state index contributed by atoms with van der Waals surface area (Å²) in [7, 11) is 0. The minimum atomic E-state index is -0.314. The number of hydrogen-bond donors (Lipinski definition) is 1. The van der Waals surface area contributed by atoms with Crippen LogP contribution in [0.1, 0.15) is 19.4 Å². The molecular weight excluding hydrogens is 280 g/mol. The fraction of sp³-hybridized carbons (Fsp3) is 0.588. The van der Waals surface area contributed by atoms with Crippen LogP contribution in [0.2, 0.25) is 0 Å². The van der Waals surface area contributed by atoms with Gasteiger partial charge in [0.15, 0.2) is 0 Å². The van der Waals surface area contributed by atoms with Crippen molar-refractivity contribution in [1.82, 2.24) is 9.80 Å². The van der Waals surface area contributed by atoms with E-state index in [4.69, 9.17) is 4.74 Å². The molecule has 1 amide bonds. The number of amides is 1. The molecular formula is C17H26N2O3. The third-order valence-electron chi connectivity index (χ3n) is 3.84. The monoisotopic (exact) mass is 306 g/mol. The highest BCUT2D eigenvalue weighted by Crippen LogP contribution is 2.14. The van der Waals surface area contributed by atoms with E-state index < -0.39 is 0 Å². The zero-order chi connectivity index (χ0) is 15.9. The Hall–Kier alpha value is -1.59. The Morgan fingerprint density at radius 1 is 1.23 bits per heavy atom. The van der Waals surface area contributed by atoms with Crippen LogP contribution in [0.25, 0.3) is 0 Å². The Morgan fingerprint density at radius 3 is 2.41 bits per heavy atom. The van der Waals surface area contributed by atoms with Gasteiger partial charge in [-0.05, 0) is 31.5 Å². The molecule has 1 saturated heterocycles. The molecule has 0 bridgehead atoms. The number of hydrogen-bond acceptors (Lipinski definition) is 4. The summed E-state index contributed by atoms with van der Waals surface area (Å²) in [6, 6.07) is 7.72. The van der Waals surface area contributed by atoms with E-state index in [2.05, 4.69) is 4.90 Å². The van der Waals surface area contributed by atoms with Crippen molar-refractivity contribution in [2.75, 3.05) is 39.3 Å². The SMILES string of the molecule is CCOc1ccc(CC(=O)N2CCN(C[C@H](C)O)CC2)cc1. The molecule has 1 N–H and O–H groups in total. The highest BCUT2D eigenvalue weighted by molar-refractivity contribution is 5.78. The molecule has 22 heavy (non-hydrogen) atoms. The zero-order valence-electron chi connectivity index (χ0n) is 13.5. The van der Waals surface area contributed by atoms with Gasteiger partial charge in [0.25, 0.3) is 0 Å². The Morgan fingerprint density at radius 2 is 1.86 bits per heavy atom. The number of carbonyl (C=O) groups is 1. The van der Waals surface area contributed by atoms with E-state index in [1.807, 2.05) is 36.1 Å². The summed E-state index contributed by atoms with van der Waals surface area (Å²) in [6.07, 6.45) is 0.120. The second-order valence-electron chi connectivity index (χ2n) is 5.78. The minimum Gasteiger partial charge on any atom is -0.494 e. The number of ether oxygens (including phenoxy) is 1. The van der Waals surface area contributed by atoms with Gasteiger partial charge in [0.2, 0.25) is 5.91 Å². The quantitative estimate of drug-likeness (QED) is 0.857. The third kappa shape index (κ3) is 5.00. The van der Waals surface area contributed by atoms with Crippen LogP contribution < -0.4 is 4.74 Å². The summed E-state index contributed by atoms with van der Waals surface area (Å²) in [5.74, 6) is 1.01. The summed E-state index contributed by atoms with van der Waals surface area (Å²) in [5.41, 5.74) is 1.01. The molecule has 0 aromatic heterocycles. The molecule has 0 spiro atoms. The van der Waals surface area contributed by atoms with Gasteiger partial charge in [-0.25, -0.2) is 0 Å². The fourth-order valence-corrected chi connectivity index (χ4v) is 2.71. The van der Waals surface area contributed by atoms with Crippen LogP contribution in [0.15, 0.2) is 24.3 Å². The van der Waals surface area contributed by atoms with Gasteiger partial charge in [-0.3, -0.25) is 9.69 Å². The van der Waals surface area contributed by atoms with Gasteiger partial charge in [0, 0.05) is 32.7 Å². The molecule has 1 heterocycles. The van der Waals surface area contributed by atoms with E-state index in [1.165, 1.54) is 0 Å². The molecule has 2 rings (SSSR count). The molecule has 0 unspecified atom stereocenters. The van der Waals surface area contributed by atoms with Gasteiger partial charge in [-0.15, -0.1) is 0 Å². The lowest BCUT2D eigenvalue weighted by molar-refractivity contribution is -0.132. The number of carbonyl (C=O) groups excluding carboxylic acids is 1. The van der Waals surface area contributed by atoms with Crippen molar-refractivity contribution in [3.8, 4) is 5.75 Å². The van der Waals surface area contributed by atoms with Crippen molar-refractivity contribution in [3.05, 3.63) is 29.8 Å². The van der Waals surface area contributed by atoms with Crippen LogP contribution >= 0.6 is 0 Å². The Kier molecular flexibility index (Phi) is 6.21. The van der Waals surface area contributed by atoms with Crippen LogP contribution in [-0.4, -0.2) is 66.2 Å². The number of β-amino-alcohol motifs (C(OH)–C–C–N with tert-alkyl or cyclic N) is 1. The number of aliphatic hydroxyl groups is 1. The van der Waals surface area contributed by atoms with Crippen molar-refractivity contribution in [3.63, 3.8) is 0 Å². The molecule has 5 heteroatoms. The van der Waals surface area contributed by atoms with Gasteiger partial charge >= 0.3 is 0 Å². The Balaban J connectivity index is 1.80. The van der Waals surface area contributed by atoms with Gasteiger partial charge in [-0.1, -0.05) is 12.1 Å². The maximum atomic E-state index is 12.3. The lowest BCUT2D eigenvalue weighted by atomic mass is 10.1. The van der Waals surface area contributed by atoms with Crippen molar-refractivity contribution >= 4 is 5.91 Å². The second-order valence-corrected chi connectivity index (χ2v) is 5.78. The van der Waals surface area contributed by atoms with Crippen LogP contribution in [0.3, 0.4) is 0 Å². The molecule has 1 aliphatic rings. The standard InChI is InChI=1S/C17H26N2O3/c1-3-22-16-6-4-15(5-7-16)12-17(21)19-10-8-18(9-11-19)13-14(2)20/h4-7,14,20H,3,8-13H2,1-2H3/t14-/m0/s1. The van der Waals surface area contributed by atoms with Gasteiger partial charge in [0.05, 0.1) is 19.1 Å². The van der Waals surface area contributed by atoms with Crippen LogP contribution in [-0.2, 0) is 11.2 Å². The first kappa shape index (κ1) is 16.8. The van der Waals surface area contributed by atoms with E-state index in [9.17, 15) is 9.90 Å². The normalized spacial score (nSPS) is 17.3. The van der Waals surface area contributed by atoms with E-state index in [-0.39, 0.29) is 12.0 Å². The van der Waals surface area contributed by atoms with E-state index in [0.717, 1.165) is 37.5 Å². The molecule has 1 aliphatic heterocycles. The molecule has 1 aromatic rings. The fourth-order valence-electron chi connectivity index (χ4n) is 2.71. The smallest absolute Gasteiger partial charge is 0.227 e. The van der Waals surface area contributed by atoms with Gasteiger partial charge in [-0.2, -0.15) is 0 Å². The highest BCUT2D eigenvalue weighted by Gasteiger charge is 2.21. The molecule has 1 fully saturated rings. The molecule has 1 aromatic carbocycles. The lowest BCUT2D eigenvalue weighted by Crippen LogP contribution is -2.50. The number of rotatable bonds is 6. The average Bonchev–Trinajstić information content (AvgIpc) is 2.49.